The molecule has 1 saturated carbocycles. The van der Waals surface area contributed by atoms with Crippen LogP contribution in [0.4, 0.5) is 4.79 Å². The van der Waals surface area contributed by atoms with Gasteiger partial charge in [-0.1, -0.05) is 0 Å². The summed E-state index contributed by atoms with van der Waals surface area (Å²) < 4.78 is 0. The quantitative estimate of drug-likeness (QED) is 0.559. The Hall–Kier alpha value is -1.79. The Morgan fingerprint density at radius 1 is 1.44 bits per heavy atom. The lowest BCUT2D eigenvalue weighted by atomic mass is 10.1. The fourth-order valence-electron chi connectivity index (χ4n) is 1.30. The van der Waals surface area contributed by atoms with E-state index in [-0.39, 0.29) is 13.1 Å². The highest BCUT2D eigenvalue weighted by atomic mass is 16.4. The summed E-state index contributed by atoms with van der Waals surface area (Å²) in [6, 6.07) is -0.494. The molecule has 0 spiro atoms. The number of carbonyl (C=O) groups is 3. The fourth-order valence-corrected chi connectivity index (χ4v) is 1.30. The van der Waals surface area contributed by atoms with E-state index in [1.807, 2.05) is 0 Å². The van der Waals surface area contributed by atoms with Gasteiger partial charge in [0.2, 0.25) is 5.91 Å². The normalized spacial score (nSPS) is 16.3. The molecule has 0 aromatic heterocycles. The number of nitrogens with two attached hydrogens (primary N) is 1. The molecular formula is C9H15N3O4. The van der Waals surface area contributed by atoms with E-state index < -0.39 is 23.3 Å². The molecule has 90 valence electrons. The van der Waals surface area contributed by atoms with Gasteiger partial charge in [-0.15, -0.1) is 0 Å². The molecule has 0 aromatic carbocycles. The molecule has 1 fully saturated rings. The van der Waals surface area contributed by atoms with E-state index >= 15 is 0 Å². The van der Waals surface area contributed by atoms with Crippen molar-refractivity contribution < 1.29 is 19.5 Å². The number of rotatable bonds is 5. The van der Waals surface area contributed by atoms with E-state index in [0.29, 0.717) is 12.8 Å². The zero-order valence-electron chi connectivity index (χ0n) is 9.02. The molecule has 7 nitrogen and oxygen atoms in total. The molecule has 4 N–H and O–H groups in total. The van der Waals surface area contributed by atoms with Gasteiger partial charge in [-0.25, -0.2) is 4.79 Å². The Morgan fingerprint density at radius 2 is 2.00 bits per heavy atom. The number of carboxylic acid groups (broad SMARTS) is 1. The number of nitrogens with one attached hydrogen (secondary N) is 1. The number of aliphatic carboxylic acids is 1. The smallest absolute Gasteiger partial charge is 0.317 e. The van der Waals surface area contributed by atoms with Crippen molar-refractivity contribution in [2.45, 2.75) is 12.8 Å². The third kappa shape index (κ3) is 2.85. The van der Waals surface area contributed by atoms with Crippen molar-refractivity contribution in [2.75, 3.05) is 20.1 Å². The summed E-state index contributed by atoms with van der Waals surface area (Å²) in [6.07, 6.45) is 1.14. The summed E-state index contributed by atoms with van der Waals surface area (Å²) in [6.45, 7) is -0.101. The molecule has 0 atom stereocenters. The van der Waals surface area contributed by atoms with E-state index in [1.165, 1.54) is 7.05 Å². The topological polar surface area (TPSA) is 113 Å². The van der Waals surface area contributed by atoms with Crippen molar-refractivity contribution >= 4 is 17.9 Å². The van der Waals surface area contributed by atoms with Crippen LogP contribution in [0.1, 0.15) is 12.8 Å². The van der Waals surface area contributed by atoms with E-state index in [0.717, 1.165) is 4.90 Å². The molecule has 0 unspecified atom stereocenters. The lowest BCUT2D eigenvalue weighted by molar-refractivity contribution is -0.143. The zero-order chi connectivity index (χ0) is 12.3. The molecule has 0 saturated heterocycles. The first-order valence-corrected chi connectivity index (χ1v) is 4.88. The number of carboxylic acids is 1. The Bertz CT molecular complexity index is 325. The number of amides is 3. The Kier molecular flexibility index (Phi) is 3.36. The minimum atomic E-state index is -0.898. The molecule has 0 aromatic rings. The van der Waals surface area contributed by atoms with Gasteiger partial charge in [0, 0.05) is 13.6 Å². The van der Waals surface area contributed by atoms with E-state index in [4.69, 9.17) is 10.8 Å². The van der Waals surface area contributed by atoms with Crippen LogP contribution in [0.25, 0.3) is 0 Å². The molecule has 0 heterocycles. The second kappa shape index (κ2) is 4.38. The lowest BCUT2D eigenvalue weighted by Gasteiger charge is -2.18. The van der Waals surface area contributed by atoms with Crippen LogP contribution in [0.2, 0.25) is 0 Å². The van der Waals surface area contributed by atoms with Gasteiger partial charge in [0.15, 0.2) is 0 Å². The van der Waals surface area contributed by atoms with Crippen molar-refractivity contribution in [3.63, 3.8) is 0 Å². The van der Waals surface area contributed by atoms with E-state index in [9.17, 15) is 14.4 Å². The maximum absolute atomic E-state index is 11.4. The number of likely N-dealkylation sites (N-methyl/N-ethyl adjacent to an activating group) is 1. The van der Waals surface area contributed by atoms with Crippen molar-refractivity contribution in [3.8, 4) is 0 Å². The van der Waals surface area contributed by atoms with Gasteiger partial charge < -0.3 is 21.1 Å². The van der Waals surface area contributed by atoms with Crippen LogP contribution in [0.3, 0.4) is 0 Å². The minimum absolute atomic E-state index is 0.0876. The molecule has 16 heavy (non-hydrogen) atoms. The third-order valence-corrected chi connectivity index (χ3v) is 2.62. The molecule has 0 aliphatic heterocycles. The van der Waals surface area contributed by atoms with Crippen LogP contribution in [0.5, 0.6) is 0 Å². The second-order valence-corrected chi connectivity index (χ2v) is 4.07. The molecule has 3 amide bonds. The number of primary amides is 1. The van der Waals surface area contributed by atoms with E-state index in [2.05, 4.69) is 5.32 Å². The van der Waals surface area contributed by atoms with Gasteiger partial charge in [0.1, 0.15) is 6.54 Å². The first-order valence-electron chi connectivity index (χ1n) is 4.88. The van der Waals surface area contributed by atoms with Gasteiger partial charge in [-0.2, -0.15) is 0 Å². The number of nitrogens with zero attached hydrogens (tertiary/aromatic N) is 1. The molecule has 1 aliphatic carbocycles. The van der Waals surface area contributed by atoms with Gasteiger partial charge in [0.25, 0.3) is 0 Å². The Balaban J connectivity index is 2.35. The third-order valence-electron chi connectivity index (χ3n) is 2.62. The summed E-state index contributed by atoms with van der Waals surface area (Å²) in [7, 11) is 1.42. The highest BCUT2D eigenvalue weighted by Crippen LogP contribution is 2.45. The molecular weight excluding hydrogens is 214 g/mol. The predicted octanol–water partition coefficient (Wildman–Crippen LogP) is -1.02. The van der Waals surface area contributed by atoms with Crippen molar-refractivity contribution in [1.82, 2.24) is 10.2 Å². The number of urea groups is 1. The lowest BCUT2D eigenvalue weighted by Crippen LogP contribution is -2.44. The van der Waals surface area contributed by atoms with Gasteiger partial charge in [-0.3, -0.25) is 9.59 Å². The predicted molar refractivity (Wildman–Crippen MR) is 54.5 cm³/mol. The summed E-state index contributed by atoms with van der Waals surface area (Å²) in [5.41, 5.74) is 4.12. The SMILES string of the molecule is CN(CC(N)=O)C(=O)NCC1(C(=O)O)CC1. The fraction of sp³-hybridized carbons (Fsp3) is 0.667. The summed E-state index contributed by atoms with van der Waals surface area (Å²) >= 11 is 0. The number of carbonyl (C=O) groups excluding carboxylic acids is 2. The van der Waals surface area contributed by atoms with Crippen molar-refractivity contribution in [1.29, 1.82) is 0 Å². The van der Waals surface area contributed by atoms with Gasteiger partial charge in [0.05, 0.1) is 5.41 Å². The van der Waals surface area contributed by atoms with Crippen molar-refractivity contribution in [2.24, 2.45) is 11.1 Å². The first-order chi connectivity index (χ1) is 7.37. The molecule has 1 aliphatic rings. The maximum Gasteiger partial charge on any atom is 0.317 e. The monoisotopic (exact) mass is 229 g/mol. The van der Waals surface area contributed by atoms with Crippen LogP contribution >= 0.6 is 0 Å². The zero-order valence-corrected chi connectivity index (χ0v) is 9.02. The molecule has 1 rings (SSSR count). The van der Waals surface area contributed by atoms with Crippen LogP contribution in [0, 0.1) is 5.41 Å². The maximum atomic E-state index is 11.4. The minimum Gasteiger partial charge on any atom is -0.481 e. The standard InChI is InChI=1S/C9H15N3O4/c1-12(4-6(10)13)8(16)11-5-9(2-3-9)7(14)15/h2-5H2,1H3,(H2,10,13)(H,11,16)(H,14,15). The highest BCUT2D eigenvalue weighted by molar-refractivity contribution is 5.83. The second-order valence-electron chi connectivity index (χ2n) is 4.07. The van der Waals surface area contributed by atoms with Gasteiger partial charge in [-0.05, 0) is 12.8 Å². The van der Waals surface area contributed by atoms with Crippen LogP contribution in [-0.4, -0.2) is 48.1 Å². The number of hydrogen-bond donors (Lipinski definition) is 3. The van der Waals surface area contributed by atoms with Crippen LogP contribution in [0.15, 0.2) is 0 Å². The van der Waals surface area contributed by atoms with Gasteiger partial charge >= 0.3 is 12.0 Å². The largest absolute Gasteiger partial charge is 0.481 e. The summed E-state index contributed by atoms with van der Waals surface area (Å²) in [4.78, 5) is 33.8. The highest BCUT2D eigenvalue weighted by Gasteiger charge is 2.50. The Labute approximate surface area is 92.6 Å². The summed E-state index contributed by atoms with van der Waals surface area (Å²) in [5.74, 6) is -1.51. The Morgan fingerprint density at radius 3 is 2.38 bits per heavy atom. The average molecular weight is 229 g/mol. The molecule has 0 bridgehead atoms. The van der Waals surface area contributed by atoms with E-state index in [1.54, 1.807) is 0 Å². The van der Waals surface area contributed by atoms with Crippen molar-refractivity contribution in [3.05, 3.63) is 0 Å². The molecule has 7 heteroatoms. The molecule has 0 radical (unpaired) electrons. The van der Waals surface area contributed by atoms with Crippen LogP contribution in [-0.2, 0) is 9.59 Å². The average Bonchev–Trinajstić information content (AvgIpc) is 2.93. The summed E-state index contributed by atoms with van der Waals surface area (Å²) in [5, 5.41) is 11.3. The van der Waals surface area contributed by atoms with Crippen LogP contribution < -0.4 is 11.1 Å². The number of hydrogen-bond acceptors (Lipinski definition) is 3. The first kappa shape index (κ1) is 12.3.